The number of hydrogen-bond donors (Lipinski definition) is 2. The molecule has 2 aromatic rings. The van der Waals surface area contributed by atoms with E-state index in [9.17, 15) is 9.59 Å². The molecule has 2 amide bonds. The van der Waals surface area contributed by atoms with Crippen LogP contribution in [0.25, 0.3) is 0 Å². The molecule has 0 unspecified atom stereocenters. The van der Waals surface area contributed by atoms with Crippen molar-refractivity contribution in [2.75, 3.05) is 11.9 Å². The number of nitrogens with one attached hydrogen (secondary N) is 1. The van der Waals surface area contributed by atoms with Crippen molar-refractivity contribution >= 4 is 17.5 Å². The first-order chi connectivity index (χ1) is 10.6. The lowest BCUT2D eigenvalue weighted by atomic mass is 10.1. The Morgan fingerprint density at radius 3 is 2.64 bits per heavy atom. The number of nitrogens with two attached hydrogens (primary N) is 1. The number of aromatic nitrogens is 1. The number of carbonyl (C=O) groups is 2. The van der Waals surface area contributed by atoms with Gasteiger partial charge in [0, 0.05) is 18.0 Å². The van der Waals surface area contributed by atoms with Crippen LogP contribution in [0.1, 0.15) is 22.8 Å². The zero-order chi connectivity index (χ0) is 15.9. The number of carbonyl (C=O) groups excluding carboxylic acids is 2. The molecule has 2 rings (SSSR count). The molecule has 22 heavy (non-hydrogen) atoms. The highest BCUT2D eigenvalue weighted by atomic mass is 16.5. The topological polar surface area (TPSA) is 94.3 Å². The van der Waals surface area contributed by atoms with E-state index in [2.05, 4.69) is 10.3 Å². The van der Waals surface area contributed by atoms with Crippen molar-refractivity contribution in [1.29, 1.82) is 0 Å². The van der Waals surface area contributed by atoms with Crippen LogP contribution < -0.4 is 15.8 Å². The van der Waals surface area contributed by atoms with E-state index in [0.29, 0.717) is 29.3 Å². The van der Waals surface area contributed by atoms with Crippen molar-refractivity contribution in [1.82, 2.24) is 4.98 Å². The Morgan fingerprint density at radius 2 is 2.00 bits per heavy atom. The molecule has 0 atom stereocenters. The van der Waals surface area contributed by atoms with Gasteiger partial charge in [-0.1, -0.05) is 18.2 Å². The van der Waals surface area contributed by atoms with Crippen molar-refractivity contribution in [3.05, 3.63) is 53.7 Å². The Morgan fingerprint density at radius 1 is 1.23 bits per heavy atom. The van der Waals surface area contributed by atoms with Gasteiger partial charge in [-0.15, -0.1) is 0 Å². The van der Waals surface area contributed by atoms with Gasteiger partial charge in [0.1, 0.15) is 0 Å². The van der Waals surface area contributed by atoms with Crippen LogP contribution in [0.15, 0.2) is 42.6 Å². The highest BCUT2D eigenvalue weighted by Gasteiger charge is 2.11. The second-order valence-corrected chi connectivity index (χ2v) is 4.57. The highest BCUT2D eigenvalue weighted by molar-refractivity contribution is 6.04. The summed E-state index contributed by atoms with van der Waals surface area (Å²) in [5.74, 6) is -0.301. The molecule has 1 heterocycles. The first-order valence-electron chi connectivity index (χ1n) is 6.86. The Hall–Kier alpha value is -2.89. The molecule has 0 saturated heterocycles. The Balaban J connectivity index is 2.13. The van der Waals surface area contributed by atoms with Crippen LogP contribution in [0.2, 0.25) is 0 Å². The number of para-hydroxylation sites is 1. The van der Waals surface area contributed by atoms with Crippen LogP contribution in [-0.2, 0) is 11.2 Å². The number of pyridine rings is 1. The van der Waals surface area contributed by atoms with Crippen LogP contribution in [0, 0.1) is 0 Å². The zero-order valence-electron chi connectivity index (χ0n) is 12.2. The van der Waals surface area contributed by atoms with Crippen molar-refractivity contribution in [3.63, 3.8) is 0 Å². The summed E-state index contributed by atoms with van der Waals surface area (Å²) in [6, 6.07) is 10.3. The van der Waals surface area contributed by atoms with Gasteiger partial charge >= 0.3 is 0 Å². The van der Waals surface area contributed by atoms with Gasteiger partial charge in [0.15, 0.2) is 0 Å². The maximum Gasteiger partial charge on any atom is 0.257 e. The van der Waals surface area contributed by atoms with Crippen LogP contribution in [0.3, 0.4) is 0 Å². The largest absolute Gasteiger partial charge is 0.478 e. The molecule has 0 aliphatic carbocycles. The van der Waals surface area contributed by atoms with E-state index >= 15 is 0 Å². The SMILES string of the molecule is CCOc1ccc(C(=O)Nc2ccccc2CC(N)=O)cn1. The van der Waals surface area contributed by atoms with Crippen molar-refractivity contribution in [3.8, 4) is 5.88 Å². The molecule has 0 fully saturated rings. The number of primary amides is 1. The van der Waals surface area contributed by atoms with E-state index < -0.39 is 5.91 Å². The lowest BCUT2D eigenvalue weighted by Gasteiger charge is -2.10. The molecule has 0 aliphatic heterocycles. The molecule has 0 spiro atoms. The monoisotopic (exact) mass is 299 g/mol. The zero-order valence-corrected chi connectivity index (χ0v) is 12.2. The summed E-state index contributed by atoms with van der Waals surface area (Å²) < 4.78 is 5.23. The molecule has 0 bridgehead atoms. The molecule has 3 N–H and O–H groups in total. The molecule has 6 nitrogen and oxygen atoms in total. The van der Waals surface area contributed by atoms with Gasteiger partial charge in [-0.3, -0.25) is 9.59 Å². The normalized spacial score (nSPS) is 10.0. The van der Waals surface area contributed by atoms with E-state index in [0.717, 1.165) is 0 Å². The average molecular weight is 299 g/mol. The molecule has 0 radical (unpaired) electrons. The van der Waals surface area contributed by atoms with E-state index in [1.165, 1.54) is 6.20 Å². The number of ether oxygens (including phenoxy) is 1. The number of amides is 2. The van der Waals surface area contributed by atoms with E-state index in [-0.39, 0.29) is 12.3 Å². The van der Waals surface area contributed by atoms with E-state index in [1.807, 2.05) is 6.92 Å². The minimum Gasteiger partial charge on any atom is -0.478 e. The number of nitrogens with zero attached hydrogens (tertiary/aromatic N) is 1. The molecule has 6 heteroatoms. The van der Waals surface area contributed by atoms with Gasteiger partial charge in [0.2, 0.25) is 11.8 Å². The summed E-state index contributed by atoms with van der Waals surface area (Å²) in [5, 5.41) is 2.76. The minimum atomic E-state index is -0.454. The van der Waals surface area contributed by atoms with Gasteiger partial charge in [-0.25, -0.2) is 4.98 Å². The van der Waals surface area contributed by atoms with Gasteiger partial charge in [-0.2, -0.15) is 0 Å². The number of anilines is 1. The van der Waals surface area contributed by atoms with Gasteiger partial charge in [0.05, 0.1) is 18.6 Å². The smallest absolute Gasteiger partial charge is 0.257 e. The fourth-order valence-electron chi connectivity index (χ4n) is 1.93. The summed E-state index contributed by atoms with van der Waals surface area (Å²) >= 11 is 0. The van der Waals surface area contributed by atoms with Crippen LogP contribution in [-0.4, -0.2) is 23.4 Å². The van der Waals surface area contributed by atoms with Crippen molar-refractivity contribution in [2.45, 2.75) is 13.3 Å². The van der Waals surface area contributed by atoms with Crippen molar-refractivity contribution < 1.29 is 14.3 Å². The van der Waals surface area contributed by atoms with Crippen LogP contribution in [0.4, 0.5) is 5.69 Å². The fourth-order valence-corrected chi connectivity index (χ4v) is 1.93. The lowest BCUT2D eigenvalue weighted by Crippen LogP contribution is -2.17. The first-order valence-corrected chi connectivity index (χ1v) is 6.86. The summed E-state index contributed by atoms with van der Waals surface area (Å²) in [6.45, 7) is 2.37. The molecule has 0 saturated carbocycles. The summed E-state index contributed by atoms with van der Waals surface area (Å²) in [7, 11) is 0. The quantitative estimate of drug-likeness (QED) is 0.849. The summed E-state index contributed by atoms with van der Waals surface area (Å²) in [5.41, 5.74) is 6.83. The van der Waals surface area contributed by atoms with Gasteiger partial charge < -0.3 is 15.8 Å². The molecular formula is C16H17N3O3. The maximum absolute atomic E-state index is 12.2. The highest BCUT2D eigenvalue weighted by Crippen LogP contribution is 2.17. The fraction of sp³-hybridized carbons (Fsp3) is 0.188. The second-order valence-electron chi connectivity index (χ2n) is 4.57. The van der Waals surface area contributed by atoms with E-state index in [1.54, 1.807) is 36.4 Å². The standard InChI is InChI=1S/C16H17N3O3/c1-2-22-15-8-7-12(10-18-15)16(21)19-13-6-4-3-5-11(13)9-14(17)20/h3-8,10H,2,9H2,1H3,(H2,17,20)(H,19,21). The minimum absolute atomic E-state index is 0.0674. The lowest BCUT2D eigenvalue weighted by molar-refractivity contribution is -0.117. The third-order valence-electron chi connectivity index (χ3n) is 2.92. The molecule has 114 valence electrons. The van der Waals surface area contributed by atoms with Gasteiger partial charge in [-0.05, 0) is 24.6 Å². The maximum atomic E-state index is 12.2. The summed E-state index contributed by atoms with van der Waals surface area (Å²) in [4.78, 5) is 27.3. The second kappa shape index (κ2) is 7.21. The third kappa shape index (κ3) is 4.05. The number of rotatable bonds is 6. The predicted octanol–water partition coefficient (Wildman–Crippen LogP) is 1.76. The first kappa shape index (κ1) is 15.5. The van der Waals surface area contributed by atoms with E-state index in [4.69, 9.17) is 10.5 Å². The van der Waals surface area contributed by atoms with Gasteiger partial charge in [0.25, 0.3) is 5.91 Å². The molecule has 1 aromatic heterocycles. The van der Waals surface area contributed by atoms with Crippen LogP contribution in [0.5, 0.6) is 5.88 Å². The Kier molecular flexibility index (Phi) is 5.08. The number of benzene rings is 1. The Labute approximate surface area is 128 Å². The third-order valence-corrected chi connectivity index (χ3v) is 2.92. The molecule has 1 aromatic carbocycles. The average Bonchev–Trinajstić information content (AvgIpc) is 2.50. The molecular weight excluding hydrogens is 282 g/mol. The predicted molar refractivity (Wildman–Crippen MR) is 82.7 cm³/mol. The van der Waals surface area contributed by atoms with Crippen LogP contribution >= 0.6 is 0 Å². The number of hydrogen-bond acceptors (Lipinski definition) is 4. The summed E-state index contributed by atoms with van der Waals surface area (Å²) in [6.07, 6.45) is 1.51. The molecule has 0 aliphatic rings. The van der Waals surface area contributed by atoms with Crippen molar-refractivity contribution in [2.24, 2.45) is 5.73 Å². The Bertz CT molecular complexity index is 669.